The maximum Gasteiger partial charge on any atom is 0.417 e. The molecule has 0 aliphatic heterocycles. The molecule has 0 aromatic heterocycles. The fraction of sp³-hybridized carbons (Fsp3) is 0.400. The first-order valence-electron chi connectivity index (χ1n) is 4.55. The van der Waals surface area contributed by atoms with E-state index in [0.29, 0.717) is 0 Å². The van der Waals surface area contributed by atoms with Crippen molar-refractivity contribution in [1.82, 2.24) is 0 Å². The standard InChI is InChI=1S/C10H10ClF4N.ClH/c11-9-6(8(16)4-5-12)2-1-3-7(9)10(13,14)15;/h1-3,8H,4-5,16H2;1H/t8-;/m0./s1. The second kappa shape index (κ2) is 6.42. The van der Waals surface area contributed by atoms with Crippen LogP contribution < -0.4 is 5.73 Å². The first kappa shape index (κ1) is 16.5. The lowest BCUT2D eigenvalue weighted by Gasteiger charge is -2.16. The summed E-state index contributed by atoms with van der Waals surface area (Å²) in [5.41, 5.74) is 4.70. The summed E-state index contributed by atoms with van der Waals surface area (Å²) < 4.78 is 49.5. The van der Waals surface area contributed by atoms with Gasteiger partial charge in [-0.2, -0.15) is 13.2 Å². The van der Waals surface area contributed by atoms with E-state index in [1.165, 1.54) is 12.1 Å². The van der Waals surface area contributed by atoms with Crippen molar-refractivity contribution in [2.24, 2.45) is 5.73 Å². The van der Waals surface area contributed by atoms with Crippen LogP contribution in [0.4, 0.5) is 17.6 Å². The molecular formula is C10H11Cl2F4N. The second-order valence-corrected chi connectivity index (χ2v) is 3.67. The summed E-state index contributed by atoms with van der Waals surface area (Å²) in [5.74, 6) is 0. The third-order valence-electron chi connectivity index (χ3n) is 2.15. The molecule has 98 valence electrons. The Bertz CT molecular complexity index is 368. The smallest absolute Gasteiger partial charge is 0.324 e. The van der Waals surface area contributed by atoms with Crippen LogP contribution in [0.5, 0.6) is 0 Å². The maximum atomic E-state index is 12.5. The minimum Gasteiger partial charge on any atom is -0.324 e. The van der Waals surface area contributed by atoms with E-state index in [0.717, 1.165) is 6.07 Å². The molecule has 0 bridgehead atoms. The van der Waals surface area contributed by atoms with Crippen LogP contribution in [-0.4, -0.2) is 6.67 Å². The summed E-state index contributed by atoms with van der Waals surface area (Å²) in [4.78, 5) is 0. The molecule has 0 amide bonds. The average molecular weight is 292 g/mol. The van der Waals surface area contributed by atoms with Gasteiger partial charge in [-0.15, -0.1) is 12.4 Å². The van der Waals surface area contributed by atoms with Crippen molar-refractivity contribution < 1.29 is 17.6 Å². The van der Waals surface area contributed by atoms with E-state index in [1.807, 2.05) is 0 Å². The molecule has 0 aliphatic carbocycles. The molecule has 0 unspecified atom stereocenters. The van der Waals surface area contributed by atoms with E-state index >= 15 is 0 Å². The molecule has 0 spiro atoms. The maximum absolute atomic E-state index is 12.5. The van der Waals surface area contributed by atoms with Gasteiger partial charge < -0.3 is 5.73 Å². The minimum absolute atomic E-state index is 0. The van der Waals surface area contributed by atoms with Gasteiger partial charge in [0.25, 0.3) is 0 Å². The van der Waals surface area contributed by atoms with Gasteiger partial charge in [0.1, 0.15) is 0 Å². The van der Waals surface area contributed by atoms with E-state index < -0.39 is 29.5 Å². The summed E-state index contributed by atoms with van der Waals surface area (Å²) in [6.07, 6.45) is -4.58. The van der Waals surface area contributed by atoms with E-state index in [4.69, 9.17) is 17.3 Å². The second-order valence-electron chi connectivity index (χ2n) is 3.29. The van der Waals surface area contributed by atoms with Crippen molar-refractivity contribution in [3.8, 4) is 0 Å². The molecule has 0 saturated heterocycles. The molecule has 1 nitrogen and oxygen atoms in total. The fourth-order valence-electron chi connectivity index (χ4n) is 1.33. The van der Waals surface area contributed by atoms with Gasteiger partial charge in [0.2, 0.25) is 0 Å². The van der Waals surface area contributed by atoms with Crippen LogP contribution in [0.25, 0.3) is 0 Å². The zero-order valence-corrected chi connectivity index (χ0v) is 10.2. The predicted octanol–water partition coefficient (Wildman–Crippen LogP) is 4.14. The van der Waals surface area contributed by atoms with E-state index in [2.05, 4.69) is 0 Å². The molecule has 0 saturated carbocycles. The Morgan fingerprint density at radius 1 is 1.29 bits per heavy atom. The number of benzene rings is 1. The summed E-state index contributed by atoms with van der Waals surface area (Å²) in [5, 5.41) is -0.448. The monoisotopic (exact) mass is 291 g/mol. The van der Waals surface area contributed by atoms with Gasteiger partial charge >= 0.3 is 6.18 Å². The van der Waals surface area contributed by atoms with Crippen molar-refractivity contribution in [2.45, 2.75) is 18.6 Å². The van der Waals surface area contributed by atoms with Crippen LogP contribution in [-0.2, 0) is 6.18 Å². The molecule has 0 radical (unpaired) electrons. The predicted molar refractivity (Wildman–Crippen MR) is 61.2 cm³/mol. The molecule has 2 N–H and O–H groups in total. The molecule has 1 aromatic rings. The van der Waals surface area contributed by atoms with Gasteiger partial charge in [0.15, 0.2) is 0 Å². The Labute approximate surface area is 107 Å². The normalized spacial score (nSPS) is 13.1. The minimum atomic E-state index is -4.53. The molecule has 1 atom stereocenters. The Balaban J connectivity index is 0.00000256. The highest BCUT2D eigenvalue weighted by atomic mass is 35.5. The molecule has 17 heavy (non-hydrogen) atoms. The molecule has 0 heterocycles. The highest BCUT2D eigenvalue weighted by molar-refractivity contribution is 6.32. The quantitative estimate of drug-likeness (QED) is 0.832. The SMILES string of the molecule is Cl.N[C@@H](CCF)c1cccc(C(F)(F)F)c1Cl. The van der Waals surface area contributed by atoms with E-state index in [-0.39, 0.29) is 24.4 Å². The molecule has 1 aromatic carbocycles. The van der Waals surface area contributed by atoms with Gasteiger partial charge in [0.05, 0.1) is 17.3 Å². The third-order valence-corrected chi connectivity index (χ3v) is 2.58. The van der Waals surface area contributed by atoms with Gasteiger partial charge in [-0.1, -0.05) is 23.7 Å². The zero-order chi connectivity index (χ0) is 12.3. The first-order chi connectivity index (χ1) is 7.38. The van der Waals surface area contributed by atoms with Gasteiger partial charge in [-0.3, -0.25) is 4.39 Å². The Morgan fingerprint density at radius 3 is 2.35 bits per heavy atom. The number of nitrogens with two attached hydrogens (primary N) is 1. The third kappa shape index (κ3) is 4.01. The molecule has 1 rings (SSSR count). The summed E-state index contributed by atoms with van der Waals surface area (Å²) in [7, 11) is 0. The summed E-state index contributed by atoms with van der Waals surface area (Å²) in [6, 6.07) is 2.63. The van der Waals surface area contributed by atoms with Gasteiger partial charge in [-0.05, 0) is 18.1 Å². The van der Waals surface area contributed by atoms with E-state index in [9.17, 15) is 17.6 Å². The van der Waals surface area contributed by atoms with Crippen molar-refractivity contribution in [1.29, 1.82) is 0 Å². The number of halogens is 6. The van der Waals surface area contributed by atoms with Crippen LogP contribution in [0, 0.1) is 0 Å². The van der Waals surface area contributed by atoms with E-state index in [1.54, 1.807) is 0 Å². The van der Waals surface area contributed by atoms with Crippen molar-refractivity contribution in [3.05, 3.63) is 34.3 Å². The van der Waals surface area contributed by atoms with Crippen LogP contribution in [0.15, 0.2) is 18.2 Å². The van der Waals surface area contributed by atoms with Crippen molar-refractivity contribution in [2.75, 3.05) is 6.67 Å². The number of alkyl halides is 4. The lowest BCUT2D eigenvalue weighted by atomic mass is 10.0. The number of hydrogen-bond donors (Lipinski definition) is 1. The zero-order valence-electron chi connectivity index (χ0n) is 8.60. The number of rotatable bonds is 3. The van der Waals surface area contributed by atoms with Crippen LogP contribution in [0.1, 0.15) is 23.6 Å². The summed E-state index contributed by atoms with van der Waals surface area (Å²) >= 11 is 5.60. The molecule has 0 aliphatic rings. The summed E-state index contributed by atoms with van der Waals surface area (Å²) in [6.45, 7) is -0.701. The van der Waals surface area contributed by atoms with Crippen LogP contribution >= 0.6 is 24.0 Å². The Kier molecular flexibility index (Phi) is 6.23. The van der Waals surface area contributed by atoms with Gasteiger partial charge in [0, 0.05) is 6.04 Å². The van der Waals surface area contributed by atoms with Crippen molar-refractivity contribution >= 4 is 24.0 Å². The number of hydrogen-bond acceptors (Lipinski definition) is 1. The molecular weight excluding hydrogens is 281 g/mol. The van der Waals surface area contributed by atoms with Crippen LogP contribution in [0.2, 0.25) is 5.02 Å². The molecule has 7 heteroatoms. The Morgan fingerprint density at radius 2 is 1.88 bits per heavy atom. The lowest BCUT2D eigenvalue weighted by molar-refractivity contribution is -0.137. The molecule has 0 fully saturated rings. The Hall–Kier alpha value is -0.520. The first-order valence-corrected chi connectivity index (χ1v) is 4.93. The average Bonchev–Trinajstić information content (AvgIpc) is 2.16. The van der Waals surface area contributed by atoms with Crippen LogP contribution in [0.3, 0.4) is 0 Å². The largest absolute Gasteiger partial charge is 0.417 e. The topological polar surface area (TPSA) is 26.0 Å². The van der Waals surface area contributed by atoms with Gasteiger partial charge in [-0.25, -0.2) is 0 Å². The van der Waals surface area contributed by atoms with Crippen molar-refractivity contribution in [3.63, 3.8) is 0 Å². The fourth-order valence-corrected chi connectivity index (χ4v) is 1.70. The highest BCUT2D eigenvalue weighted by Crippen LogP contribution is 2.37. The lowest BCUT2D eigenvalue weighted by Crippen LogP contribution is -2.14. The highest BCUT2D eigenvalue weighted by Gasteiger charge is 2.34.